The van der Waals surface area contributed by atoms with Gasteiger partial charge >= 0.3 is 6.18 Å². The zero-order valence-electron chi connectivity index (χ0n) is 10.8. The zero-order chi connectivity index (χ0) is 14.3. The van der Waals surface area contributed by atoms with Gasteiger partial charge in [-0.25, -0.2) is 0 Å². The maximum atomic E-state index is 13.1. The summed E-state index contributed by atoms with van der Waals surface area (Å²) in [5.74, 6) is 0.240. The summed E-state index contributed by atoms with van der Waals surface area (Å²) in [5, 5.41) is 5.60. The molecule has 0 atom stereocenters. The average Bonchev–Trinajstić information content (AvgIpc) is 3.12. The summed E-state index contributed by atoms with van der Waals surface area (Å²) < 4.78 is 39.2. The molecule has 3 nitrogen and oxygen atoms in total. The molecule has 1 aromatic rings. The predicted molar refractivity (Wildman–Crippen MR) is 67.0 cm³/mol. The molecule has 1 amide bonds. The van der Waals surface area contributed by atoms with Gasteiger partial charge in [0.15, 0.2) is 0 Å². The molecular weight excluding hydrogens is 269 g/mol. The molecule has 1 heterocycles. The first-order valence-corrected chi connectivity index (χ1v) is 6.67. The van der Waals surface area contributed by atoms with Crippen LogP contribution in [-0.4, -0.2) is 12.5 Å². The number of halogens is 3. The Morgan fingerprint density at radius 1 is 1.30 bits per heavy atom. The van der Waals surface area contributed by atoms with Gasteiger partial charge in [-0.3, -0.25) is 4.79 Å². The number of hydrogen-bond donors (Lipinski definition) is 2. The summed E-state index contributed by atoms with van der Waals surface area (Å²) in [4.78, 5) is 11.6. The van der Waals surface area contributed by atoms with Crippen molar-refractivity contribution in [3.8, 4) is 0 Å². The van der Waals surface area contributed by atoms with Crippen LogP contribution >= 0.6 is 0 Å². The number of fused-ring (bicyclic) bond motifs is 1. The molecule has 0 radical (unpaired) electrons. The first-order chi connectivity index (χ1) is 9.45. The third kappa shape index (κ3) is 2.65. The monoisotopic (exact) mass is 284 g/mol. The van der Waals surface area contributed by atoms with Gasteiger partial charge in [0, 0.05) is 18.7 Å². The number of carbonyl (C=O) groups excluding carboxylic acids is 1. The molecule has 108 valence electrons. The molecule has 1 fully saturated rings. The Labute approximate surface area is 114 Å². The van der Waals surface area contributed by atoms with E-state index in [0.717, 1.165) is 12.6 Å². The Kier molecular flexibility index (Phi) is 3.20. The number of amides is 1. The minimum Gasteiger partial charge on any atom is -0.348 e. The van der Waals surface area contributed by atoms with Crippen molar-refractivity contribution in [1.82, 2.24) is 10.6 Å². The summed E-state index contributed by atoms with van der Waals surface area (Å²) in [6.45, 7) is 1.14. The van der Waals surface area contributed by atoms with Crippen LogP contribution in [0, 0.1) is 5.92 Å². The number of nitrogens with one attached hydrogen (secondary N) is 2. The van der Waals surface area contributed by atoms with Crippen LogP contribution in [0.25, 0.3) is 0 Å². The molecule has 1 saturated carbocycles. The number of alkyl halides is 3. The molecule has 3 rings (SSSR count). The maximum Gasteiger partial charge on any atom is 0.416 e. The van der Waals surface area contributed by atoms with E-state index < -0.39 is 17.6 Å². The number of carbonyl (C=O) groups is 1. The Balaban J connectivity index is 1.86. The molecule has 2 aliphatic rings. The van der Waals surface area contributed by atoms with Crippen molar-refractivity contribution in [3.05, 3.63) is 34.4 Å². The van der Waals surface area contributed by atoms with Gasteiger partial charge < -0.3 is 10.6 Å². The van der Waals surface area contributed by atoms with Crippen LogP contribution < -0.4 is 10.6 Å². The Bertz CT molecular complexity index is 550. The third-order valence-electron chi connectivity index (χ3n) is 3.74. The molecule has 0 aromatic heterocycles. The summed E-state index contributed by atoms with van der Waals surface area (Å²) in [6, 6.07) is 2.71. The largest absolute Gasteiger partial charge is 0.416 e. The van der Waals surface area contributed by atoms with Crippen LogP contribution in [0.1, 0.15) is 39.9 Å². The van der Waals surface area contributed by atoms with Gasteiger partial charge in [-0.05, 0) is 48.6 Å². The second-order valence-electron chi connectivity index (χ2n) is 5.42. The van der Waals surface area contributed by atoms with Gasteiger partial charge in [-0.1, -0.05) is 0 Å². The van der Waals surface area contributed by atoms with Crippen molar-refractivity contribution in [2.45, 2.75) is 32.1 Å². The van der Waals surface area contributed by atoms with Crippen LogP contribution in [0.3, 0.4) is 0 Å². The lowest BCUT2D eigenvalue weighted by molar-refractivity contribution is -0.138. The highest BCUT2D eigenvalue weighted by Gasteiger charge is 2.37. The molecule has 1 aliphatic heterocycles. The Hall–Kier alpha value is -1.56. The van der Waals surface area contributed by atoms with Crippen LogP contribution in [0.4, 0.5) is 13.2 Å². The van der Waals surface area contributed by atoms with Gasteiger partial charge in [0.25, 0.3) is 5.91 Å². The van der Waals surface area contributed by atoms with Crippen molar-refractivity contribution >= 4 is 5.91 Å². The van der Waals surface area contributed by atoms with Crippen molar-refractivity contribution in [2.24, 2.45) is 5.92 Å². The van der Waals surface area contributed by atoms with E-state index in [9.17, 15) is 18.0 Å². The predicted octanol–water partition coefficient (Wildman–Crippen LogP) is 2.45. The van der Waals surface area contributed by atoms with Crippen LogP contribution in [-0.2, 0) is 19.3 Å². The SMILES string of the molecule is O=C1NCc2c1cc(CNCC1CC1)cc2C(F)(F)F. The lowest BCUT2D eigenvalue weighted by Crippen LogP contribution is -2.18. The van der Waals surface area contributed by atoms with Crippen molar-refractivity contribution < 1.29 is 18.0 Å². The summed E-state index contributed by atoms with van der Waals surface area (Å²) in [5.41, 5.74) is 0.0295. The molecule has 1 aliphatic carbocycles. The van der Waals surface area contributed by atoms with E-state index in [1.165, 1.54) is 12.8 Å². The average molecular weight is 284 g/mol. The Morgan fingerprint density at radius 3 is 2.70 bits per heavy atom. The molecule has 0 bridgehead atoms. The fourth-order valence-electron chi connectivity index (χ4n) is 2.49. The number of hydrogen-bond acceptors (Lipinski definition) is 2. The van der Waals surface area contributed by atoms with Crippen LogP contribution in [0.15, 0.2) is 12.1 Å². The molecule has 20 heavy (non-hydrogen) atoms. The van der Waals surface area contributed by atoms with Gasteiger partial charge in [-0.15, -0.1) is 0 Å². The van der Waals surface area contributed by atoms with Crippen LogP contribution in [0.5, 0.6) is 0 Å². The molecular formula is C14H15F3N2O. The van der Waals surface area contributed by atoms with E-state index in [0.29, 0.717) is 18.0 Å². The second kappa shape index (κ2) is 4.77. The minimum atomic E-state index is -4.43. The van der Waals surface area contributed by atoms with Gasteiger partial charge in [0.05, 0.1) is 5.56 Å². The minimum absolute atomic E-state index is 0.0429. The number of benzene rings is 1. The fourth-order valence-corrected chi connectivity index (χ4v) is 2.49. The van der Waals surface area contributed by atoms with E-state index in [1.807, 2.05) is 0 Å². The third-order valence-corrected chi connectivity index (χ3v) is 3.74. The van der Waals surface area contributed by atoms with Crippen molar-refractivity contribution in [2.75, 3.05) is 6.54 Å². The van der Waals surface area contributed by atoms with Crippen LogP contribution in [0.2, 0.25) is 0 Å². The Morgan fingerprint density at radius 2 is 2.05 bits per heavy atom. The van der Waals surface area contributed by atoms with Gasteiger partial charge in [0.1, 0.15) is 0 Å². The molecule has 6 heteroatoms. The maximum absolute atomic E-state index is 13.1. The van der Waals surface area contributed by atoms with Gasteiger partial charge in [0.2, 0.25) is 0 Å². The quantitative estimate of drug-likeness (QED) is 0.891. The highest BCUT2D eigenvalue weighted by Crippen LogP contribution is 2.36. The summed E-state index contributed by atoms with van der Waals surface area (Å²) in [7, 11) is 0. The van der Waals surface area contributed by atoms with Crippen molar-refractivity contribution in [1.29, 1.82) is 0 Å². The molecule has 0 spiro atoms. The van der Waals surface area contributed by atoms with E-state index >= 15 is 0 Å². The normalized spacial score (nSPS) is 18.1. The first-order valence-electron chi connectivity index (χ1n) is 6.67. The lowest BCUT2D eigenvalue weighted by Gasteiger charge is -2.13. The van der Waals surface area contributed by atoms with E-state index in [-0.39, 0.29) is 17.7 Å². The highest BCUT2D eigenvalue weighted by atomic mass is 19.4. The van der Waals surface area contributed by atoms with E-state index in [1.54, 1.807) is 6.07 Å². The van der Waals surface area contributed by atoms with Gasteiger partial charge in [-0.2, -0.15) is 13.2 Å². The molecule has 1 aromatic carbocycles. The summed E-state index contributed by atoms with van der Waals surface area (Å²) >= 11 is 0. The molecule has 0 saturated heterocycles. The first kappa shape index (κ1) is 13.4. The topological polar surface area (TPSA) is 41.1 Å². The van der Waals surface area contributed by atoms with E-state index in [2.05, 4.69) is 10.6 Å². The fraction of sp³-hybridized carbons (Fsp3) is 0.500. The van der Waals surface area contributed by atoms with E-state index in [4.69, 9.17) is 0 Å². The highest BCUT2D eigenvalue weighted by molar-refractivity contribution is 5.99. The molecule has 0 unspecified atom stereocenters. The van der Waals surface area contributed by atoms with Crippen molar-refractivity contribution in [3.63, 3.8) is 0 Å². The second-order valence-corrected chi connectivity index (χ2v) is 5.42. The lowest BCUT2D eigenvalue weighted by atomic mass is 9.99. The standard InChI is InChI=1S/C14H15F3N2O/c15-14(16,17)12-4-9(6-18-5-8-1-2-8)3-10-11(12)7-19-13(10)20/h3-4,8,18H,1-2,5-7H2,(H,19,20). The zero-order valence-corrected chi connectivity index (χ0v) is 10.8. The smallest absolute Gasteiger partial charge is 0.348 e. The summed E-state index contributed by atoms with van der Waals surface area (Å²) in [6.07, 6.45) is -2.05. The molecule has 2 N–H and O–H groups in total. The number of rotatable bonds is 4.